The molecule has 0 fully saturated rings. The predicted octanol–water partition coefficient (Wildman–Crippen LogP) is 0.513. The smallest absolute Gasteiger partial charge is 0.270 e. The molecule has 5 nitrogen and oxygen atoms in total. The lowest BCUT2D eigenvalue weighted by atomic mass is 10.3. The fourth-order valence-corrected chi connectivity index (χ4v) is 1.48. The van der Waals surface area contributed by atoms with Crippen molar-refractivity contribution in [1.29, 1.82) is 0 Å². The molecule has 0 aliphatic heterocycles. The molecule has 1 aromatic heterocycles. The molecule has 0 aliphatic carbocycles. The topological polar surface area (TPSA) is 79.2 Å². The van der Waals surface area contributed by atoms with E-state index in [0.29, 0.717) is 24.5 Å². The van der Waals surface area contributed by atoms with Crippen molar-refractivity contribution < 1.29 is 4.79 Å². The molecule has 6 heteroatoms. The van der Waals surface area contributed by atoms with E-state index in [4.69, 9.17) is 18.0 Å². The number of pyridine rings is 1. The Bertz CT molecular complexity index is 470. The van der Waals surface area contributed by atoms with E-state index in [1.165, 1.54) is 6.07 Å². The van der Waals surface area contributed by atoms with Crippen molar-refractivity contribution in [3.05, 3.63) is 34.2 Å². The van der Waals surface area contributed by atoms with Gasteiger partial charge in [0.1, 0.15) is 5.69 Å². The minimum Gasteiger partial charge on any atom is -0.393 e. The van der Waals surface area contributed by atoms with Crippen LogP contribution in [0.4, 0.5) is 0 Å². The van der Waals surface area contributed by atoms with Crippen LogP contribution in [0.2, 0.25) is 0 Å². The number of hydrogen-bond acceptors (Lipinski definition) is 3. The Morgan fingerprint density at radius 2 is 2.24 bits per heavy atom. The van der Waals surface area contributed by atoms with Crippen LogP contribution < -0.4 is 11.3 Å². The lowest BCUT2D eigenvalue weighted by Crippen LogP contribution is -2.34. The lowest BCUT2D eigenvalue weighted by Gasteiger charge is -2.20. The van der Waals surface area contributed by atoms with E-state index in [-0.39, 0.29) is 17.2 Å². The van der Waals surface area contributed by atoms with E-state index in [9.17, 15) is 9.59 Å². The lowest BCUT2D eigenvalue weighted by molar-refractivity contribution is 0.0763. The van der Waals surface area contributed by atoms with Gasteiger partial charge in [-0.05, 0) is 13.0 Å². The molecule has 0 unspecified atom stereocenters. The fraction of sp³-hybridized carbons (Fsp3) is 0.364. The SMILES string of the molecule is CCN(CCC(N)=S)C(=O)c1cccc(=O)[nH]1. The van der Waals surface area contributed by atoms with Gasteiger partial charge in [-0.2, -0.15) is 0 Å². The third-order valence-corrected chi connectivity index (χ3v) is 2.50. The summed E-state index contributed by atoms with van der Waals surface area (Å²) >= 11 is 4.77. The summed E-state index contributed by atoms with van der Waals surface area (Å²) in [6.45, 7) is 2.86. The Morgan fingerprint density at radius 1 is 1.53 bits per heavy atom. The summed E-state index contributed by atoms with van der Waals surface area (Å²) < 4.78 is 0. The van der Waals surface area contributed by atoms with Crippen molar-refractivity contribution in [1.82, 2.24) is 9.88 Å². The molecular weight excluding hydrogens is 238 g/mol. The molecule has 0 saturated heterocycles. The van der Waals surface area contributed by atoms with E-state index in [2.05, 4.69) is 4.98 Å². The molecule has 3 N–H and O–H groups in total. The van der Waals surface area contributed by atoms with Crippen LogP contribution in [0.25, 0.3) is 0 Å². The third kappa shape index (κ3) is 3.99. The fourth-order valence-electron chi connectivity index (χ4n) is 1.39. The summed E-state index contributed by atoms with van der Waals surface area (Å²) in [4.78, 5) is 27.6. The molecular formula is C11H15N3O2S. The summed E-state index contributed by atoms with van der Waals surface area (Å²) in [6.07, 6.45) is 0.478. The van der Waals surface area contributed by atoms with Gasteiger partial charge in [0.15, 0.2) is 0 Å². The van der Waals surface area contributed by atoms with Crippen LogP contribution in [-0.2, 0) is 0 Å². The third-order valence-electron chi connectivity index (χ3n) is 2.30. The molecule has 92 valence electrons. The van der Waals surface area contributed by atoms with Gasteiger partial charge in [0, 0.05) is 25.6 Å². The maximum absolute atomic E-state index is 12.0. The normalized spacial score (nSPS) is 9.94. The number of nitrogens with zero attached hydrogens (tertiary/aromatic N) is 1. The van der Waals surface area contributed by atoms with Gasteiger partial charge in [-0.15, -0.1) is 0 Å². The molecule has 0 aliphatic rings. The number of carbonyl (C=O) groups is 1. The van der Waals surface area contributed by atoms with Gasteiger partial charge < -0.3 is 15.6 Å². The maximum Gasteiger partial charge on any atom is 0.270 e. The molecule has 0 atom stereocenters. The first kappa shape index (κ1) is 13.4. The Hall–Kier alpha value is -1.69. The minimum absolute atomic E-state index is 0.221. The molecule has 0 radical (unpaired) electrons. The number of aromatic amines is 1. The Kier molecular flexibility index (Phi) is 4.84. The van der Waals surface area contributed by atoms with Gasteiger partial charge in [-0.25, -0.2) is 0 Å². The summed E-state index contributed by atoms with van der Waals surface area (Å²) in [5.74, 6) is -0.221. The van der Waals surface area contributed by atoms with Crippen molar-refractivity contribution >= 4 is 23.1 Å². The van der Waals surface area contributed by atoms with E-state index in [1.807, 2.05) is 6.92 Å². The highest BCUT2D eigenvalue weighted by molar-refractivity contribution is 7.80. The zero-order valence-electron chi connectivity index (χ0n) is 9.60. The maximum atomic E-state index is 12.0. The van der Waals surface area contributed by atoms with Gasteiger partial charge >= 0.3 is 0 Å². The zero-order chi connectivity index (χ0) is 12.8. The number of nitrogens with one attached hydrogen (secondary N) is 1. The Balaban J connectivity index is 2.79. The quantitative estimate of drug-likeness (QED) is 0.750. The minimum atomic E-state index is -0.291. The molecule has 1 aromatic rings. The number of amides is 1. The first-order valence-corrected chi connectivity index (χ1v) is 5.72. The predicted molar refractivity (Wildman–Crippen MR) is 70.0 cm³/mol. The Morgan fingerprint density at radius 3 is 2.76 bits per heavy atom. The van der Waals surface area contributed by atoms with Gasteiger partial charge in [0.2, 0.25) is 5.56 Å². The highest BCUT2D eigenvalue weighted by atomic mass is 32.1. The van der Waals surface area contributed by atoms with Crippen molar-refractivity contribution in [2.45, 2.75) is 13.3 Å². The summed E-state index contributed by atoms with van der Waals surface area (Å²) in [5, 5.41) is 0. The molecule has 0 saturated carbocycles. The summed E-state index contributed by atoms with van der Waals surface area (Å²) in [6, 6.07) is 4.49. The summed E-state index contributed by atoms with van der Waals surface area (Å²) in [7, 11) is 0. The average molecular weight is 253 g/mol. The average Bonchev–Trinajstić information content (AvgIpc) is 2.29. The Labute approximate surface area is 105 Å². The highest BCUT2D eigenvalue weighted by Gasteiger charge is 2.14. The first-order valence-electron chi connectivity index (χ1n) is 5.31. The van der Waals surface area contributed by atoms with Crippen molar-refractivity contribution in [3.8, 4) is 0 Å². The number of nitrogens with two attached hydrogens (primary N) is 1. The van der Waals surface area contributed by atoms with E-state index in [0.717, 1.165) is 0 Å². The van der Waals surface area contributed by atoms with Crippen molar-refractivity contribution in [2.24, 2.45) is 5.73 Å². The van der Waals surface area contributed by atoms with Gasteiger partial charge in [0.25, 0.3) is 5.91 Å². The van der Waals surface area contributed by atoms with Crippen LogP contribution in [0.3, 0.4) is 0 Å². The van der Waals surface area contributed by atoms with Crippen LogP contribution in [0.5, 0.6) is 0 Å². The molecule has 0 bridgehead atoms. The van der Waals surface area contributed by atoms with Gasteiger partial charge in [0.05, 0.1) is 4.99 Å². The number of rotatable bonds is 5. The number of hydrogen-bond donors (Lipinski definition) is 2. The molecule has 1 amide bonds. The number of aromatic nitrogens is 1. The summed E-state index contributed by atoms with van der Waals surface area (Å²) in [5.41, 5.74) is 5.38. The van der Waals surface area contributed by atoms with Crippen molar-refractivity contribution in [2.75, 3.05) is 13.1 Å². The molecule has 1 heterocycles. The van der Waals surface area contributed by atoms with Crippen molar-refractivity contribution in [3.63, 3.8) is 0 Å². The largest absolute Gasteiger partial charge is 0.393 e. The molecule has 0 aromatic carbocycles. The number of thiocarbonyl (C=S) groups is 1. The van der Waals surface area contributed by atoms with Gasteiger partial charge in [-0.1, -0.05) is 18.3 Å². The number of carbonyl (C=O) groups excluding carboxylic acids is 1. The standard InChI is InChI=1S/C11H15N3O2S/c1-2-14(7-6-9(12)17)11(16)8-4-3-5-10(15)13-8/h3-5H,2,6-7H2,1H3,(H2,12,17)(H,13,15). The zero-order valence-corrected chi connectivity index (χ0v) is 10.4. The first-order chi connectivity index (χ1) is 8.04. The molecule has 0 spiro atoms. The van der Waals surface area contributed by atoms with E-state index < -0.39 is 0 Å². The van der Waals surface area contributed by atoms with Crippen LogP contribution in [0, 0.1) is 0 Å². The van der Waals surface area contributed by atoms with Crippen LogP contribution in [0.1, 0.15) is 23.8 Å². The van der Waals surface area contributed by atoms with Crippen LogP contribution in [-0.4, -0.2) is 33.9 Å². The van der Waals surface area contributed by atoms with E-state index >= 15 is 0 Å². The second-order valence-corrected chi connectivity index (χ2v) is 4.05. The second kappa shape index (κ2) is 6.15. The van der Waals surface area contributed by atoms with Gasteiger partial charge in [-0.3, -0.25) is 9.59 Å². The van der Waals surface area contributed by atoms with Crippen LogP contribution in [0.15, 0.2) is 23.0 Å². The van der Waals surface area contributed by atoms with E-state index in [1.54, 1.807) is 17.0 Å². The molecule has 17 heavy (non-hydrogen) atoms. The number of H-pyrrole nitrogens is 1. The van der Waals surface area contributed by atoms with Crippen LogP contribution >= 0.6 is 12.2 Å². The second-order valence-electron chi connectivity index (χ2n) is 3.53. The molecule has 1 rings (SSSR count). The monoisotopic (exact) mass is 253 g/mol. The highest BCUT2D eigenvalue weighted by Crippen LogP contribution is 2.01.